The number of nitrogens with two attached hydrogens (primary N) is 1. The van der Waals surface area contributed by atoms with Gasteiger partial charge in [-0.05, 0) is 43.4 Å². The predicted octanol–water partition coefficient (Wildman–Crippen LogP) is 0.885. The Morgan fingerprint density at radius 2 is 2.17 bits per heavy atom. The molecular formula is C14H26N2O2. The standard InChI is InChI=1S/C14H26N2O2/c1-2-9(5-6-17)8-16-14(18)12-10-3-4-11(7-10)13(12)15/h9-13,17H,2-8,15H2,1H3,(H,16,18). The van der Waals surface area contributed by atoms with Crippen LogP contribution in [0.15, 0.2) is 0 Å². The molecule has 4 nitrogen and oxygen atoms in total. The maximum Gasteiger partial charge on any atom is 0.224 e. The lowest BCUT2D eigenvalue weighted by atomic mass is 9.84. The Kier molecular flexibility index (Phi) is 4.62. The van der Waals surface area contributed by atoms with E-state index in [1.807, 2.05) is 0 Å². The van der Waals surface area contributed by atoms with E-state index in [-0.39, 0.29) is 24.5 Å². The van der Waals surface area contributed by atoms with Crippen molar-refractivity contribution in [3.8, 4) is 0 Å². The van der Waals surface area contributed by atoms with Crippen LogP contribution in [-0.2, 0) is 4.79 Å². The number of amides is 1. The monoisotopic (exact) mass is 254 g/mol. The Hall–Kier alpha value is -0.610. The normalized spacial score (nSPS) is 35.7. The minimum atomic E-state index is 0.0374. The first kappa shape index (κ1) is 13.8. The maximum absolute atomic E-state index is 12.2. The van der Waals surface area contributed by atoms with Crippen LogP contribution >= 0.6 is 0 Å². The second-order valence-corrected chi connectivity index (χ2v) is 5.97. The Balaban J connectivity index is 1.81. The summed E-state index contributed by atoms with van der Waals surface area (Å²) in [4.78, 5) is 12.2. The minimum absolute atomic E-state index is 0.0374. The summed E-state index contributed by atoms with van der Waals surface area (Å²) in [6, 6.07) is 0.0710. The first-order chi connectivity index (χ1) is 8.67. The van der Waals surface area contributed by atoms with Gasteiger partial charge in [0.05, 0.1) is 5.92 Å². The molecule has 2 saturated carbocycles. The predicted molar refractivity (Wildman–Crippen MR) is 70.8 cm³/mol. The molecule has 5 unspecified atom stereocenters. The van der Waals surface area contributed by atoms with E-state index in [2.05, 4.69) is 12.2 Å². The van der Waals surface area contributed by atoms with Crippen LogP contribution in [0.2, 0.25) is 0 Å². The van der Waals surface area contributed by atoms with Crippen molar-refractivity contribution in [3.05, 3.63) is 0 Å². The lowest BCUT2D eigenvalue weighted by molar-refractivity contribution is -0.127. The molecule has 4 N–H and O–H groups in total. The van der Waals surface area contributed by atoms with Gasteiger partial charge in [0.15, 0.2) is 0 Å². The second kappa shape index (κ2) is 6.02. The molecule has 0 aromatic carbocycles. The van der Waals surface area contributed by atoms with Gasteiger partial charge in [0.2, 0.25) is 5.91 Å². The van der Waals surface area contributed by atoms with Crippen LogP contribution in [-0.4, -0.2) is 30.2 Å². The van der Waals surface area contributed by atoms with Crippen LogP contribution in [0.4, 0.5) is 0 Å². The molecule has 0 saturated heterocycles. The van der Waals surface area contributed by atoms with Crippen molar-refractivity contribution in [3.63, 3.8) is 0 Å². The van der Waals surface area contributed by atoms with E-state index >= 15 is 0 Å². The van der Waals surface area contributed by atoms with Crippen molar-refractivity contribution in [2.75, 3.05) is 13.2 Å². The molecule has 1 amide bonds. The molecule has 2 aliphatic rings. The van der Waals surface area contributed by atoms with Gasteiger partial charge in [-0.15, -0.1) is 0 Å². The molecule has 2 aliphatic carbocycles. The second-order valence-electron chi connectivity index (χ2n) is 5.97. The Bertz CT molecular complexity index is 294. The summed E-state index contributed by atoms with van der Waals surface area (Å²) in [5.74, 6) is 1.66. The third-order valence-electron chi connectivity index (χ3n) is 4.96. The summed E-state index contributed by atoms with van der Waals surface area (Å²) in [6.45, 7) is 2.97. The number of hydrogen-bond acceptors (Lipinski definition) is 3. The van der Waals surface area contributed by atoms with Gasteiger partial charge in [-0.3, -0.25) is 4.79 Å². The van der Waals surface area contributed by atoms with Crippen molar-refractivity contribution in [2.45, 2.75) is 45.1 Å². The molecule has 0 heterocycles. The summed E-state index contributed by atoms with van der Waals surface area (Å²) in [5, 5.41) is 12.0. The van der Waals surface area contributed by atoms with E-state index in [1.54, 1.807) is 0 Å². The first-order valence-electron chi connectivity index (χ1n) is 7.31. The van der Waals surface area contributed by atoms with Gasteiger partial charge in [-0.1, -0.05) is 13.3 Å². The Labute approximate surface area is 109 Å². The SMILES string of the molecule is CCC(CCO)CNC(=O)C1C2CCC(C2)C1N. The number of nitrogens with one attached hydrogen (secondary N) is 1. The molecular weight excluding hydrogens is 228 g/mol. The fourth-order valence-corrected chi connectivity index (χ4v) is 3.72. The van der Waals surface area contributed by atoms with Gasteiger partial charge in [0.25, 0.3) is 0 Å². The van der Waals surface area contributed by atoms with Gasteiger partial charge >= 0.3 is 0 Å². The molecule has 0 aliphatic heterocycles. The van der Waals surface area contributed by atoms with Crippen LogP contribution < -0.4 is 11.1 Å². The molecule has 0 aromatic heterocycles. The summed E-state index contributed by atoms with van der Waals surface area (Å²) in [6.07, 6.45) is 5.28. The molecule has 4 heteroatoms. The first-order valence-corrected chi connectivity index (χ1v) is 7.31. The van der Waals surface area contributed by atoms with E-state index in [1.165, 1.54) is 12.8 Å². The molecule has 0 spiro atoms. The van der Waals surface area contributed by atoms with Gasteiger partial charge < -0.3 is 16.2 Å². The van der Waals surface area contributed by atoms with Crippen LogP contribution in [0.1, 0.15) is 39.0 Å². The smallest absolute Gasteiger partial charge is 0.224 e. The quantitative estimate of drug-likeness (QED) is 0.659. The summed E-state index contributed by atoms with van der Waals surface area (Å²) in [5.41, 5.74) is 6.16. The number of aliphatic hydroxyl groups is 1. The summed E-state index contributed by atoms with van der Waals surface area (Å²) >= 11 is 0. The van der Waals surface area contributed by atoms with E-state index in [9.17, 15) is 4.79 Å². The number of fused-ring (bicyclic) bond motifs is 2. The highest BCUT2D eigenvalue weighted by atomic mass is 16.3. The molecule has 2 bridgehead atoms. The van der Waals surface area contributed by atoms with Crippen LogP contribution in [0.5, 0.6) is 0 Å². The van der Waals surface area contributed by atoms with Crippen molar-refractivity contribution < 1.29 is 9.90 Å². The van der Waals surface area contributed by atoms with Crippen LogP contribution in [0.3, 0.4) is 0 Å². The van der Waals surface area contributed by atoms with Crippen LogP contribution in [0, 0.1) is 23.7 Å². The zero-order chi connectivity index (χ0) is 13.1. The van der Waals surface area contributed by atoms with E-state index in [0.717, 1.165) is 19.3 Å². The number of rotatable bonds is 6. The average Bonchev–Trinajstić information content (AvgIpc) is 2.94. The van der Waals surface area contributed by atoms with E-state index in [0.29, 0.717) is 24.3 Å². The Morgan fingerprint density at radius 3 is 2.72 bits per heavy atom. The zero-order valence-electron chi connectivity index (χ0n) is 11.3. The zero-order valence-corrected chi connectivity index (χ0v) is 11.3. The third kappa shape index (κ3) is 2.69. The van der Waals surface area contributed by atoms with Gasteiger partial charge in [0, 0.05) is 19.2 Å². The molecule has 104 valence electrons. The summed E-state index contributed by atoms with van der Waals surface area (Å²) in [7, 11) is 0. The fraction of sp³-hybridized carbons (Fsp3) is 0.929. The number of carbonyl (C=O) groups excluding carboxylic acids is 1. The van der Waals surface area contributed by atoms with Gasteiger partial charge in [0.1, 0.15) is 0 Å². The number of hydrogen-bond donors (Lipinski definition) is 3. The molecule has 18 heavy (non-hydrogen) atoms. The van der Waals surface area contributed by atoms with Crippen molar-refractivity contribution in [1.29, 1.82) is 0 Å². The average molecular weight is 254 g/mol. The van der Waals surface area contributed by atoms with Crippen molar-refractivity contribution in [1.82, 2.24) is 5.32 Å². The van der Waals surface area contributed by atoms with Crippen LogP contribution in [0.25, 0.3) is 0 Å². The lowest BCUT2D eigenvalue weighted by Crippen LogP contribution is -2.46. The largest absolute Gasteiger partial charge is 0.396 e. The highest BCUT2D eigenvalue weighted by Crippen LogP contribution is 2.47. The molecule has 5 atom stereocenters. The van der Waals surface area contributed by atoms with Gasteiger partial charge in [-0.2, -0.15) is 0 Å². The Morgan fingerprint density at radius 1 is 1.44 bits per heavy atom. The van der Waals surface area contributed by atoms with E-state index < -0.39 is 0 Å². The highest BCUT2D eigenvalue weighted by molar-refractivity contribution is 5.80. The summed E-state index contributed by atoms with van der Waals surface area (Å²) < 4.78 is 0. The van der Waals surface area contributed by atoms with Crippen molar-refractivity contribution in [2.24, 2.45) is 29.4 Å². The fourth-order valence-electron chi connectivity index (χ4n) is 3.72. The van der Waals surface area contributed by atoms with E-state index in [4.69, 9.17) is 10.8 Å². The van der Waals surface area contributed by atoms with Gasteiger partial charge in [-0.25, -0.2) is 0 Å². The molecule has 2 rings (SSSR count). The maximum atomic E-state index is 12.2. The molecule has 0 aromatic rings. The lowest BCUT2D eigenvalue weighted by Gasteiger charge is -2.27. The minimum Gasteiger partial charge on any atom is -0.396 e. The highest BCUT2D eigenvalue weighted by Gasteiger charge is 2.48. The topological polar surface area (TPSA) is 75.3 Å². The number of carbonyl (C=O) groups is 1. The molecule has 0 radical (unpaired) electrons. The van der Waals surface area contributed by atoms with Crippen molar-refractivity contribution >= 4 is 5.91 Å². The number of aliphatic hydroxyl groups excluding tert-OH is 1. The molecule has 2 fully saturated rings. The third-order valence-corrected chi connectivity index (χ3v) is 4.96.